The first-order valence-electron chi connectivity index (χ1n) is 9.48. The Hall–Kier alpha value is -1.77. The van der Waals surface area contributed by atoms with Crippen molar-refractivity contribution >= 4 is 27.1 Å². The standard InChI is InChI=1S/C20H27N3O3S2/c1-15(2)16-4-6-17(7-5-16)19-21-18(14-27-19)20(24)23-10-8-22(9-11-23)12-13-28(3,25)26/h4-7,14-15H,8-13H2,1-3H3. The van der Waals surface area contributed by atoms with E-state index in [1.165, 1.54) is 23.2 Å². The molecule has 1 fully saturated rings. The third-order valence-corrected chi connectivity index (χ3v) is 6.80. The highest BCUT2D eigenvalue weighted by atomic mass is 32.2. The third-order valence-electron chi connectivity index (χ3n) is 4.99. The van der Waals surface area contributed by atoms with Crippen LogP contribution in [-0.2, 0) is 9.84 Å². The average Bonchev–Trinajstić information content (AvgIpc) is 3.16. The summed E-state index contributed by atoms with van der Waals surface area (Å²) in [5.41, 5.74) is 2.79. The van der Waals surface area contributed by atoms with Gasteiger partial charge < -0.3 is 4.90 Å². The van der Waals surface area contributed by atoms with E-state index in [1.807, 2.05) is 5.38 Å². The number of nitrogens with zero attached hydrogens (tertiary/aromatic N) is 3. The Labute approximate surface area is 171 Å². The molecule has 0 radical (unpaired) electrons. The van der Waals surface area contributed by atoms with Crippen molar-refractivity contribution in [2.24, 2.45) is 0 Å². The molecule has 0 atom stereocenters. The van der Waals surface area contributed by atoms with Crippen LogP contribution in [0.25, 0.3) is 10.6 Å². The van der Waals surface area contributed by atoms with E-state index < -0.39 is 9.84 Å². The van der Waals surface area contributed by atoms with Gasteiger partial charge in [-0.25, -0.2) is 13.4 Å². The van der Waals surface area contributed by atoms with Gasteiger partial charge in [-0.1, -0.05) is 38.1 Å². The Morgan fingerprint density at radius 1 is 1.14 bits per heavy atom. The minimum absolute atomic E-state index is 0.0518. The molecule has 1 saturated heterocycles. The second-order valence-corrected chi connectivity index (χ2v) is 10.7. The maximum atomic E-state index is 12.8. The van der Waals surface area contributed by atoms with Crippen LogP contribution < -0.4 is 0 Å². The molecule has 0 saturated carbocycles. The monoisotopic (exact) mass is 421 g/mol. The molecule has 1 aromatic heterocycles. The zero-order chi connectivity index (χ0) is 20.3. The third kappa shape index (κ3) is 5.40. The number of hydrogen-bond acceptors (Lipinski definition) is 6. The lowest BCUT2D eigenvalue weighted by atomic mass is 10.0. The summed E-state index contributed by atoms with van der Waals surface area (Å²) >= 11 is 1.48. The number of sulfone groups is 1. The van der Waals surface area contributed by atoms with Crippen molar-refractivity contribution in [2.45, 2.75) is 19.8 Å². The van der Waals surface area contributed by atoms with Crippen molar-refractivity contribution in [3.8, 4) is 10.6 Å². The van der Waals surface area contributed by atoms with Gasteiger partial charge in [0.05, 0.1) is 5.75 Å². The Morgan fingerprint density at radius 3 is 2.36 bits per heavy atom. The first kappa shape index (κ1) is 21.0. The maximum Gasteiger partial charge on any atom is 0.273 e. The molecule has 2 aromatic rings. The summed E-state index contributed by atoms with van der Waals surface area (Å²) in [6.07, 6.45) is 1.25. The highest BCUT2D eigenvalue weighted by molar-refractivity contribution is 7.90. The zero-order valence-electron chi connectivity index (χ0n) is 16.6. The van der Waals surface area contributed by atoms with Crippen LogP contribution in [-0.4, -0.2) is 73.8 Å². The summed E-state index contributed by atoms with van der Waals surface area (Å²) in [6, 6.07) is 8.34. The number of amides is 1. The smallest absolute Gasteiger partial charge is 0.273 e. The largest absolute Gasteiger partial charge is 0.335 e. The fourth-order valence-corrected chi connectivity index (χ4v) is 4.54. The fraction of sp³-hybridized carbons (Fsp3) is 0.500. The van der Waals surface area contributed by atoms with Gasteiger partial charge in [-0.3, -0.25) is 9.69 Å². The summed E-state index contributed by atoms with van der Waals surface area (Å²) in [5, 5.41) is 2.68. The first-order chi connectivity index (χ1) is 13.2. The lowest BCUT2D eigenvalue weighted by Gasteiger charge is -2.34. The highest BCUT2D eigenvalue weighted by Gasteiger charge is 2.24. The van der Waals surface area contributed by atoms with E-state index in [4.69, 9.17) is 0 Å². The van der Waals surface area contributed by atoms with E-state index in [9.17, 15) is 13.2 Å². The molecule has 1 aliphatic heterocycles. The van der Waals surface area contributed by atoms with Crippen molar-refractivity contribution in [2.75, 3.05) is 44.7 Å². The molecule has 0 aliphatic carbocycles. The summed E-state index contributed by atoms with van der Waals surface area (Å²) < 4.78 is 22.6. The maximum absolute atomic E-state index is 12.8. The molecule has 152 valence electrons. The van der Waals surface area contributed by atoms with Crippen LogP contribution in [0.4, 0.5) is 0 Å². The van der Waals surface area contributed by atoms with Crippen molar-refractivity contribution in [3.05, 3.63) is 40.9 Å². The predicted molar refractivity (Wildman–Crippen MR) is 114 cm³/mol. The molecule has 8 heteroatoms. The van der Waals surface area contributed by atoms with Gasteiger partial charge in [0.15, 0.2) is 0 Å². The Kier molecular flexibility index (Phi) is 6.52. The van der Waals surface area contributed by atoms with Gasteiger partial charge in [-0.15, -0.1) is 11.3 Å². The molecular formula is C20H27N3O3S2. The summed E-state index contributed by atoms with van der Waals surface area (Å²) in [5.74, 6) is 0.592. The SMILES string of the molecule is CC(C)c1ccc(-c2nc(C(=O)N3CCN(CCS(C)(=O)=O)CC3)cs2)cc1. The Bertz CT molecular complexity index is 912. The number of aromatic nitrogens is 1. The summed E-state index contributed by atoms with van der Waals surface area (Å²) in [6.45, 7) is 7.42. The number of carbonyl (C=O) groups is 1. The molecule has 0 unspecified atom stereocenters. The normalized spacial score (nSPS) is 15.9. The zero-order valence-corrected chi connectivity index (χ0v) is 18.2. The molecule has 0 spiro atoms. The number of benzene rings is 1. The molecule has 3 rings (SSSR count). The molecule has 28 heavy (non-hydrogen) atoms. The van der Waals surface area contributed by atoms with Gasteiger partial charge in [0.2, 0.25) is 0 Å². The van der Waals surface area contributed by atoms with Gasteiger partial charge in [-0.2, -0.15) is 0 Å². The van der Waals surface area contributed by atoms with E-state index in [0.717, 1.165) is 10.6 Å². The molecular weight excluding hydrogens is 394 g/mol. The molecule has 0 N–H and O–H groups in total. The van der Waals surface area contributed by atoms with Crippen LogP contribution in [0, 0.1) is 0 Å². The highest BCUT2D eigenvalue weighted by Crippen LogP contribution is 2.26. The predicted octanol–water partition coefficient (Wildman–Crippen LogP) is 2.74. The number of rotatable bonds is 6. The second kappa shape index (κ2) is 8.71. The molecule has 1 aromatic carbocycles. The summed E-state index contributed by atoms with van der Waals surface area (Å²) in [7, 11) is -2.96. The minimum Gasteiger partial charge on any atom is -0.335 e. The molecule has 6 nitrogen and oxygen atoms in total. The van der Waals surface area contributed by atoms with Crippen LogP contribution in [0.5, 0.6) is 0 Å². The van der Waals surface area contributed by atoms with Crippen molar-refractivity contribution in [1.29, 1.82) is 0 Å². The van der Waals surface area contributed by atoms with Crippen molar-refractivity contribution in [3.63, 3.8) is 0 Å². The minimum atomic E-state index is -2.96. The van der Waals surface area contributed by atoms with Crippen LogP contribution in [0.15, 0.2) is 29.6 Å². The summed E-state index contributed by atoms with van der Waals surface area (Å²) in [4.78, 5) is 21.2. The second-order valence-electron chi connectivity index (χ2n) is 7.58. The van der Waals surface area contributed by atoms with Crippen LogP contribution in [0.1, 0.15) is 35.8 Å². The molecule has 0 bridgehead atoms. The van der Waals surface area contributed by atoms with E-state index in [0.29, 0.717) is 44.3 Å². The lowest BCUT2D eigenvalue weighted by molar-refractivity contribution is 0.0639. The first-order valence-corrected chi connectivity index (χ1v) is 12.4. The van der Waals surface area contributed by atoms with Gasteiger partial charge in [0, 0.05) is 49.9 Å². The lowest BCUT2D eigenvalue weighted by Crippen LogP contribution is -2.49. The molecule has 2 heterocycles. The van der Waals surface area contributed by atoms with Gasteiger partial charge >= 0.3 is 0 Å². The van der Waals surface area contributed by atoms with Crippen LogP contribution >= 0.6 is 11.3 Å². The number of thiazole rings is 1. The van der Waals surface area contributed by atoms with E-state index in [2.05, 4.69) is 48.0 Å². The molecule has 1 amide bonds. The van der Waals surface area contributed by atoms with Crippen molar-refractivity contribution < 1.29 is 13.2 Å². The fourth-order valence-electron chi connectivity index (χ4n) is 3.15. The number of piperazine rings is 1. The topological polar surface area (TPSA) is 70.6 Å². The van der Waals surface area contributed by atoms with Crippen LogP contribution in [0.3, 0.4) is 0 Å². The molecule has 1 aliphatic rings. The quantitative estimate of drug-likeness (QED) is 0.717. The average molecular weight is 422 g/mol. The Balaban J connectivity index is 1.59. The van der Waals surface area contributed by atoms with Gasteiger partial charge in [0.25, 0.3) is 5.91 Å². The van der Waals surface area contributed by atoms with Crippen LogP contribution in [0.2, 0.25) is 0 Å². The van der Waals surface area contributed by atoms with Crippen molar-refractivity contribution in [1.82, 2.24) is 14.8 Å². The van der Waals surface area contributed by atoms with E-state index in [-0.39, 0.29) is 11.7 Å². The van der Waals surface area contributed by atoms with Gasteiger partial charge in [0.1, 0.15) is 20.5 Å². The Morgan fingerprint density at radius 2 is 1.79 bits per heavy atom. The number of carbonyl (C=O) groups excluding carboxylic acids is 1. The van der Waals surface area contributed by atoms with E-state index in [1.54, 1.807) is 4.90 Å². The van der Waals surface area contributed by atoms with E-state index >= 15 is 0 Å². The van der Waals surface area contributed by atoms with Gasteiger partial charge in [-0.05, 0) is 11.5 Å². The number of hydrogen-bond donors (Lipinski definition) is 0.